The van der Waals surface area contributed by atoms with Crippen LogP contribution in [0.15, 0.2) is 29.4 Å². The molecule has 0 unspecified atom stereocenters. The predicted octanol–water partition coefficient (Wildman–Crippen LogP) is 4.04. The van der Waals surface area contributed by atoms with E-state index in [2.05, 4.69) is 31.3 Å². The first-order chi connectivity index (χ1) is 10.8. The Hall–Kier alpha value is -1.55. The molecule has 2 saturated carbocycles. The average molecular weight is 335 g/mol. The molecular weight excluding hydrogens is 312 g/mol. The number of nitrogens with one attached hydrogen (secondary N) is 1. The lowest BCUT2D eigenvalue weighted by atomic mass is 9.70. The van der Waals surface area contributed by atoms with Gasteiger partial charge in [0.15, 0.2) is 6.61 Å². The Balaban J connectivity index is 1.59. The molecule has 0 spiro atoms. The van der Waals surface area contributed by atoms with E-state index in [0.717, 1.165) is 18.6 Å². The lowest BCUT2D eigenvalue weighted by molar-refractivity contribution is -0.123. The SMILES string of the molecule is CC1(C)[C@@H]2CC[C@@]1(C)/C(=N/NC(=O)COc1ccccc1Cl)C2. The summed E-state index contributed by atoms with van der Waals surface area (Å²) < 4.78 is 5.43. The number of ether oxygens (including phenoxy) is 1. The van der Waals surface area contributed by atoms with Crippen LogP contribution in [0.25, 0.3) is 0 Å². The Labute approximate surface area is 142 Å². The monoisotopic (exact) mass is 334 g/mol. The number of amides is 1. The van der Waals surface area contributed by atoms with Crippen LogP contribution in [0.4, 0.5) is 0 Å². The van der Waals surface area contributed by atoms with Gasteiger partial charge in [-0.3, -0.25) is 4.79 Å². The second kappa shape index (κ2) is 5.82. The number of rotatable bonds is 4. The number of hydrogen-bond donors (Lipinski definition) is 1. The highest BCUT2D eigenvalue weighted by Crippen LogP contribution is 2.63. The maximum absolute atomic E-state index is 12.0. The van der Waals surface area contributed by atoms with Crippen molar-refractivity contribution in [2.45, 2.75) is 40.0 Å². The summed E-state index contributed by atoms with van der Waals surface area (Å²) in [5, 5.41) is 4.91. The van der Waals surface area contributed by atoms with Crippen LogP contribution in [0.3, 0.4) is 0 Å². The molecule has 1 aromatic rings. The van der Waals surface area contributed by atoms with E-state index in [0.29, 0.717) is 16.7 Å². The van der Waals surface area contributed by atoms with Gasteiger partial charge in [0.05, 0.1) is 5.02 Å². The number of fused-ring (bicyclic) bond motifs is 2. The Morgan fingerprint density at radius 2 is 2.13 bits per heavy atom. The molecule has 2 aliphatic rings. The smallest absolute Gasteiger partial charge is 0.277 e. The molecule has 2 aliphatic carbocycles. The summed E-state index contributed by atoms with van der Waals surface area (Å²) in [6.07, 6.45) is 3.39. The van der Waals surface area contributed by atoms with Gasteiger partial charge in [-0.25, -0.2) is 5.43 Å². The third kappa shape index (κ3) is 2.74. The first-order valence-electron chi connectivity index (χ1n) is 8.08. The van der Waals surface area contributed by atoms with E-state index in [1.165, 1.54) is 6.42 Å². The van der Waals surface area contributed by atoms with Gasteiger partial charge in [-0.1, -0.05) is 44.5 Å². The van der Waals surface area contributed by atoms with Crippen LogP contribution in [0.5, 0.6) is 5.75 Å². The molecule has 1 N–H and O–H groups in total. The molecule has 2 atom stereocenters. The van der Waals surface area contributed by atoms with E-state index in [1.54, 1.807) is 12.1 Å². The van der Waals surface area contributed by atoms with Gasteiger partial charge < -0.3 is 4.74 Å². The quantitative estimate of drug-likeness (QED) is 0.845. The van der Waals surface area contributed by atoms with Crippen molar-refractivity contribution in [2.24, 2.45) is 21.8 Å². The fourth-order valence-corrected chi connectivity index (χ4v) is 4.15. The van der Waals surface area contributed by atoms with Crippen LogP contribution in [0.1, 0.15) is 40.0 Å². The molecule has 2 bridgehead atoms. The standard InChI is InChI=1S/C18H23ClN2O2/c1-17(2)12-8-9-18(17,3)15(10-12)20-21-16(22)11-23-14-7-5-4-6-13(14)19/h4-7,12H,8-11H2,1-3H3,(H,21,22)/b20-15+/t12-,18+/m1/s1. The van der Waals surface area contributed by atoms with E-state index in [4.69, 9.17) is 16.3 Å². The molecule has 0 radical (unpaired) electrons. The van der Waals surface area contributed by atoms with Crippen LogP contribution in [0, 0.1) is 16.7 Å². The second-order valence-electron chi connectivity index (χ2n) is 7.31. The Kier molecular flexibility index (Phi) is 4.13. The molecule has 0 aliphatic heterocycles. The molecule has 0 heterocycles. The topological polar surface area (TPSA) is 50.7 Å². The van der Waals surface area contributed by atoms with Crippen molar-refractivity contribution in [2.75, 3.05) is 6.61 Å². The highest BCUT2D eigenvalue weighted by molar-refractivity contribution is 6.32. The van der Waals surface area contributed by atoms with E-state index in [-0.39, 0.29) is 23.3 Å². The number of hydrazone groups is 1. The van der Waals surface area contributed by atoms with Crippen LogP contribution < -0.4 is 10.2 Å². The predicted molar refractivity (Wildman–Crippen MR) is 91.8 cm³/mol. The van der Waals surface area contributed by atoms with E-state index >= 15 is 0 Å². The fourth-order valence-electron chi connectivity index (χ4n) is 3.96. The normalized spacial score (nSPS) is 29.7. The number of nitrogens with zero attached hydrogens (tertiary/aromatic N) is 1. The minimum absolute atomic E-state index is 0.0918. The van der Waals surface area contributed by atoms with Gasteiger partial charge in [0.25, 0.3) is 5.91 Å². The first-order valence-corrected chi connectivity index (χ1v) is 8.45. The van der Waals surface area contributed by atoms with E-state index in [9.17, 15) is 4.79 Å². The molecule has 124 valence electrons. The van der Waals surface area contributed by atoms with Crippen LogP contribution in [-0.4, -0.2) is 18.2 Å². The number of carbonyl (C=O) groups is 1. The molecule has 1 amide bonds. The zero-order valence-corrected chi connectivity index (χ0v) is 14.6. The second-order valence-corrected chi connectivity index (χ2v) is 7.71. The number of benzene rings is 1. The van der Waals surface area contributed by atoms with Gasteiger partial charge in [-0.2, -0.15) is 5.10 Å². The van der Waals surface area contributed by atoms with Crippen LogP contribution in [-0.2, 0) is 4.79 Å². The fraction of sp³-hybridized carbons (Fsp3) is 0.556. The van der Waals surface area contributed by atoms with Gasteiger partial charge in [-0.05, 0) is 42.7 Å². The number of halogens is 1. The van der Waals surface area contributed by atoms with E-state index in [1.807, 2.05) is 12.1 Å². The largest absolute Gasteiger partial charge is 0.482 e. The summed E-state index contributed by atoms with van der Waals surface area (Å²) in [5.74, 6) is 0.911. The van der Waals surface area contributed by atoms with Gasteiger partial charge in [-0.15, -0.1) is 0 Å². The summed E-state index contributed by atoms with van der Waals surface area (Å²) in [5.41, 5.74) is 4.11. The summed E-state index contributed by atoms with van der Waals surface area (Å²) in [7, 11) is 0. The van der Waals surface area contributed by atoms with Crippen molar-refractivity contribution in [3.63, 3.8) is 0 Å². The molecule has 4 nitrogen and oxygen atoms in total. The van der Waals surface area contributed by atoms with Crippen molar-refractivity contribution in [3.05, 3.63) is 29.3 Å². The third-order valence-corrected chi connectivity index (χ3v) is 6.34. The summed E-state index contributed by atoms with van der Waals surface area (Å²) in [6, 6.07) is 7.10. The maximum atomic E-state index is 12.0. The molecule has 5 heteroatoms. The average Bonchev–Trinajstić information content (AvgIpc) is 2.85. The molecule has 0 aromatic heterocycles. The summed E-state index contributed by atoms with van der Waals surface area (Å²) in [4.78, 5) is 12.0. The number of hydrogen-bond acceptors (Lipinski definition) is 3. The molecule has 1 aromatic carbocycles. The summed E-state index contributed by atoms with van der Waals surface area (Å²) in [6.45, 7) is 6.81. The van der Waals surface area contributed by atoms with Gasteiger partial charge >= 0.3 is 0 Å². The van der Waals surface area contributed by atoms with Crippen LogP contribution >= 0.6 is 11.6 Å². The molecule has 3 rings (SSSR count). The first kappa shape index (κ1) is 16.3. The van der Waals surface area contributed by atoms with Gasteiger partial charge in [0.1, 0.15) is 5.75 Å². The van der Waals surface area contributed by atoms with Crippen molar-refractivity contribution in [3.8, 4) is 5.75 Å². The zero-order chi connectivity index (χ0) is 16.7. The maximum Gasteiger partial charge on any atom is 0.277 e. The van der Waals surface area contributed by atoms with Crippen LogP contribution in [0.2, 0.25) is 5.02 Å². The minimum Gasteiger partial charge on any atom is -0.482 e. The van der Waals surface area contributed by atoms with Crippen molar-refractivity contribution in [1.82, 2.24) is 5.43 Å². The molecule has 0 saturated heterocycles. The Bertz CT molecular complexity index is 656. The zero-order valence-electron chi connectivity index (χ0n) is 13.9. The Morgan fingerprint density at radius 1 is 1.39 bits per heavy atom. The third-order valence-electron chi connectivity index (χ3n) is 6.02. The van der Waals surface area contributed by atoms with Crippen molar-refractivity contribution >= 4 is 23.2 Å². The van der Waals surface area contributed by atoms with Gasteiger partial charge in [0.2, 0.25) is 0 Å². The lowest BCUT2D eigenvalue weighted by Crippen LogP contribution is -2.35. The molecular formula is C18H23ClN2O2. The number of carbonyl (C=O) groups excluding carboxylic acids is 1. The summed E-state index contributed by atoms with van der Waals surface area (Å²) >= 11 is 6.00. The number of para-hydroxylation sites is 1. The molecule has 2 fully saturated rings. The van der Waals surface area contributed by atoms with Crippen molar-refractivity contribution in [1.29, 1.82) is 0 Å². The minimum atomic E-state index is -0.262. The van der Waals surface area contributed by atoms with E-state index < -0.39 is 0 Å². The Morgan fingerprint density at radius 3 is 2.74 bits per heavy atom. The molecule has 23 heavy (non-hydrogen) atoms. The highest BCUT2D eigenvalue weighted by atomic mass is 35.5. The highest BCUT2D eigenvalue weighted by Gasteiger charge is 2.59. The van der Waals surface area contributed by atoms with Gasteiger partial charge in [0, 0.05) is 11.1 Å². The van der Waals surface area contributed by atoms with Crippen molar-refractivity contribution < 1.29 is 9.53 Å². The lowest BCUT2D eigenvalue weighted by Gasteiger charge is -2.34.